The third-order valence-corrected chi connectivity index (χ3v) is 8.41. The van der Waals surface area contributed by atoms with Crippen LogP contribution in [-0.4, -0.2) is 82.3 Å². The van der Waals surface area contributed by atoms with Crippen molar-refractivity contribution in [3.63, 3.8) is 0 Å². The first-order valence-corrected chi connectivity index (χ1v) is 13.4. The Labute approximate surface area is 215 Å². The molecule has 1 N–H and O–H groups in total. The molecule has 1 spiro atoms. The number of aliphatic hydroxyl groups is 1. The van der Waals surface area contributed by atoms with Crippen LogP contribution in [-0.2, 0) is 23.9 Å². The predicted octanol–water partition coefficient (Wildman–Crippen LogP) is 3.09. The molecule has 6 atom stereocenters. The van der Waals surface area contributed by atoms with E-state index < -0.39 is 35.0 Å². The van der Waals surface area contributed by atoms with Crippen LogP contribution in [0.15, 0.2) is 25.3 Å². The zero-order valence-corrected chi connectivity index (χ0v) is 22.4. The second-order valence-corrected chi connectivity index (χ2v) is 11.0. The van der Waals surface area contributed by atoms with E-state index in [-0.39, 0.29) is 37.0 Å². The number of hydrogen-bond acceptors (Lipinski definition) is 6. The number of rotatable bonds is 14. The molecule has 3 unspecified atom stereocenters. The minimum Gasteiger partial charge on any atom is -0.465 e. The molecule has 3 aliphatic rings. The van der Waals surface area contributed by atoms with Gasteiger partial charge in [-0.3, -0.25) is 14.4 Å². The molecule has 0 aromatic carbocycles. The van der Waals surface area contributed by atoms with Crippen molar-refractivity contribution in [2.24, 2.45) is 17.8 Å². The molecule has 36 heavy (non-hydrogen) atoms. The van der Waals surface area contributed by atoms with E-state index in [0.29, 0.717) is 38.8 Å². The Balaban J connectivity index is 2.00. The summed E-state index contributed by atoms with van der Waals surface area (Å²) in [6.45, 7) is 16.4. The van der Waals surface area contributed by atoms with Crippen molar-refractivity contribution in [3.8, 4) is 0 Å². The van der Waals surface area contributed by atoms with Crippen molar-refractivity contribution < 1.29 is 29.0 Å². The van der Waals surface area contributed by atoms with E-state index in [1.807, 2.05) is 27.7 Å². The number of carbonyl (C=O) groups excluding carboxylic acids is 3. The number of unbranched alkanes of at least 4 members (excludes halogenated alkanes) is 3. The Morgan fingerprint density at radius 1 is 1.25 bits per heavy atom. The monoisotopic (exact) mass is 504 g/mol. The standard InChI is InChI=1S/C28H44N2O6/c1-7-9-17-35-26(34)22-21-24(32)30(15-12-10-11-13-16-31)23(25(33)29(14-8-2)19(3)4)28(21)18-20(5)27(22,6)36-28/h7-8,19-23,31H,1-2,9-18H2,3-6H3/t20?,21-,22-,23?,27+,28?/m0/s1. The number of nitrogens with zero attached hydrogens (tertiary/aromatic N) is 2. The quantitative estimate of drug-likeness (QED) is 0.222. The van der Waals surface area contributed by atoms with Gasteiger partial charge in [0, 0.05) is 25.7 Å². The highest BCUT2D eigenvalue weighted by Crippen LogP contribution is 2.65. The zero-order valence-electron chi connectivity index (χ0n) is 22.4. The van der Waals surface area contributed by atoms with E-state index >= 15 is 0 Å². The van der Waals surface area contributed by atoms with Gasteiger partial charge in [0.1, 0.15) is 17.6 Å². The minimum absolute atomic E-state index is 0.0230. The highest BCUT2D eigenvalue weighted by atomic mass is 16.6. The summed E-state index contributed by atoms with van der Waals surface area (Å²) in [6, 6.07) is -0.885. The molecule has 0 aliphatic carbocycles. The van der Waals surface area contributed by atoms with E-state index in [9.17, 15) is 14.4 Å². The molecule has 3 fully saturated rings. The van der Waals surface area contributed by atoms with E-state index in [0.717, 1.165) is 12.8 Å². The Bertz CT molecular complexity index is 859. The molecule has 0 saturated carbocycles. The van der Waals surface area contributed by atoms with Gasteiger partial charge in [-0.25, -0.2) is 0 Å². The molecule has 3 aliphatic heterocycles. The highest BCUT2D eigenvalue weighted by molar-refractivity contribution is 5.98. The average molecular weight is 505 g/mol. The van der Waals surface area contributed by atoms with Crippen molar-refractivity contribution >= 4 is 17.8 Å². The first-order chi connectivity index (χ1) is 17.1. The van der Waals surface area contributed by atoms with Gasteiger partial charge in [0.05, 0.1) is 18.1 Å². The van der Waals surface area contributed by atoms with Crippen molar-refractivity contribution in [1.29, 1.82) is 0 Å². The first kappa shape index (κ1) is 28.4. The molecule has 202 valence electrons. The molecule has 0 aromatic rings. The normalized spacial score (nSPS) is 32.6. The lowest BCUT2D eigenvalue weighted by Gasteiger charge is -2.38. The fourth-order valence-electron chi connectivity index (χ4n) is 6.55. The molecule has 2 bridgehead atoms. The van der Waals surface area contributed by atoms with Crippen LogP contribution in [0.4, 0.5) is 0 Å². The molecule has 8 nitrogen and oxygen atoms in total. The van der Waals surface area contributed by atoms with E-state index in [2.05, 4.69) is 13.2 Å². The summed E-state index contributed by atoms with van der Waals surface area (Å²) in [5.41, 5.74) is -1.94. The molecular weight excluding hydrogens is 460 g/mol. The molecule has 8 heteroatoms. The van der Waals surface area contributed by atoms with Crippen LogP contribution in [0.5, 0.6) is 0 Å². The van der Waals surface area contributed by atoms with Crippen molar-refractivity contribution in [2.75, 3.05) is 26.3 Å². The molecule has 3 saturated heterocycles. The topological polar surface area (TPSA) is 96.4 Å². The maximum atomic E-state index is 14.1. The fourth-order valence-corrected chi connectivity index (χ4v) is 6.55. The van der Waals surface area contributed by atoms with E-state index in [4.69, 9.17) is 14.6 Å². The fraction of sp³-hybridized carbons (Fsp3) is 0.750. The molecular formula is C28H44N2O6. The third-order valence-electron chi connectivity index (χ3n) is 8.41. The second-order valence-electron chi connectivity index (χ2n) is 11.0. The Morgan fingerprint density at radius 2 is 1.94 bits per heavy atom. The van der Waals surface area contributed by atoms with Gasteiger partial charge in [-0.2, -0.15) is 0 Å². The maximum Gasteiger partial charge on any atom is 0.312 e. The van der Waals surface area contributed by atoms with Crippen molar-refractivity contribution in [1.82, 2.24) is 9.80 Å². The van der Waals surface area contributed by atoms with Gasteiger partial charge in [-0.1, -0.05) is 31.9 Å². The number of likely N-dealkylation sites (tertiary alicyclic amines) is 1. The summed E-state index contributed by atoms with van der Waals surface area (Å²) in [5.74, 6) is -2.33. The lowest BCUT2D eigenvalue weighted by molar-refractivity contribution is -0.162. The third kappa shape index (κ3) is 4.74. The molecule has 0 aromatic heterocycles. The first-order valence-electron chi connectivity index (χ1n) is 13.4. The molecule has 3 rings (SSSR count). The van der Waals surface area contributed by atoms with Gasteiger partial charge >= 0.3 is 5.97 Å². The lowest BCUT2D eigenvalue weighted by Crippen LogP contribution is -2.57. The van der Waals surface area contributed by atoms with Crippen molar-refractivity contribution in [3.05, 3.63) is 25.3 Å². The Morgan fingerprint density at radius 3 is 2.56 bits per heavy atom. The highest BCUT2D eigenvalue weighted by Gasteiger charge is 2.80. The number of carbonyl (C=O) groups is 3. The second kappa shape index (κ2) is 11.5. The summed E-state index contributed by atoms with van der Waals surface area (Å²) < 4.78 is 12.3. The number of amides is 2. The smallest absolute Gasteiger partial charge is 0.312 e. The lowest BCUT2D eigenvalue weighted by atomic mass is 9.62. The predicted molar refractivity (Wildman–Crippen MR) is 137 cm³/mol. The summed E-state index contributed by atoms with van der Waals surface area (Å²) in [4.78, 5) is 45.0. The number of aliphatic hydroxyl groups excluding tert-OH is 1. The van der Waals surface area contributed by atoms with Crippen LogP contribution in [0.2, 0.25) is 0 Å². The van der Waals surface area contributed by atoms with Crippen LogP contribution in [0.1, 0.15) is 66.2 Å². The zero-order chi connectivity index (χ0) is 26.7. The summed E-state index contributed by atoms with van der Waals surface area (Å²) in [7, 11) is 0. The van der Waals surface area contributed by atoms with Gasteiger partial charge in [0.2, 0.25) is 11.8 Å². The van der Waals surface area contributed by atoms with Crippen LogP contribution in [0, 0.1) is 17.8 Å². The Hall–Kier alpha value is -2.19. The largest absolute Gasteiger partial charge is 0.465 e. The van der Waals surface area contributed by atoms with Crippen molar-refractivity contribution in [2.45, 2.75) is 89.5 Å². The summed E-state index contributed by atoms with van der Waals surface area (Å²) in [6.07, 6.45) is 7.55. The van der Waals surface area contributed by atoms with Gasteiger partial charge in [-0.15, -0.1) is 13.2 Å². The Kier molecular flexibility index (Phi) is 9.04. The van der Waals surface area contributed by atoms with Gasteiger partial charge in [0.25, 0.3) is 0 Å². The van der Waals surface area contributed by atoms with Crippen LogP contribution < -0.4 is 0 Å². The summed E-state index contributed by atoms with van der Waals surface area (Å²) in [5, 5.41) is 9.10. The number of hydrogen-bond donors (Lipinski definition) is 1. The molecule has 3 heterocycles. The number of esters is 1. The van der Waals surface area contributed by atoms with Crippen LogP contribution >= 0.6 is 0 Å². The van der Waals surface area contributed by atoms with Crippen LogP contribution in [0.3, 0.4) is 0 Å². The number of fused-ring (bicyclic) bond motifs is 1. The SMILES string of the molecule is C=CCCOC(=O)[C@@H]1[C@H]2C(=O)N(CCCCCCO)C(C(=O)N(CC=C)C(C)C)C23CC(C)[C@@]1(C)O3. The average Bonchev–Trinajstić information content (AvgIpc) is 3.33. The molecule has 0 radical (unpaired) electrons. The molecule has 2 amide bonds. The number of ether oxygens (including phenoxy) is 2. The maximum absolute atomic E-state index is 14.1. The van der Waals surface area contributed by atoms with E-state index in [1.165, 1.54) is 0 Å². The van der Waals surface area contributed by atoms with E-state index in [1.54, 1.807) is 22.0 Å². The summed E-state index contributed by atoms with van der Waals surface area (Å²) >= 11 is 0. The van der Waals surface area contributed by atoms with Gasteiger partial charge in [-0.05, 0) is 52.4 Å². The van der Waals surface area contributed by atoms with Crippen LogP contribution in [0.25, 0.3) is 0 Å². The van der Waals surface area contributed by atoms with Gasteiger partial charge < -0.3 is 24.4 Å². The minimum atomic E-state index is -1.07. The van der Waals surface area contributed by atoms with Gasteiger partial charge in [0.15, 0.2) is 0 Å².